The third-order valence-electron chi connectivity index (χ3n) is 6.19. The molecule has 0 saturated carbocycles. The Balaban J connectivity index is 1.56. The van der Waals surface area contributed by atoms with Gasteiger partial charge in [-0.3, -0.25) is 14.4 Å². The van der Waals surface area contributed by atoms with Crippen molar-refractivity contribution in [2.75, 3.05) is 32.0 Å². The molecular formula is C23H28F2N8O. The standard InChI is InChI=1S/C23H28F2N8O/c1-15-9-16(20(25)29-11-15)12-32-7-4-23(5-8-32,14-27-2)33-13-18(21(26)34)22(31-33)30-17-3-6-28-19(24)10-17/h3,6,9-11,13,27H,4-5,7-8,12,14H2,1-2H3,(H2,26,34)(H,28,30,31). The lowest BCUT2D eigenvalue weighted by atomic mass is 9.87. The summed E-state index contributed by atoms with van der Waals surface area (Å²) in [6, 6.07) is 4.61. The number of primary amides is 1. The van der Waals surface area contributed by atoms with E-state index in [0.717, 1.165) is 18.4 Å². The Morgan fingerprint density at radius 2 is 2.00 bits per heavy atom. The highest BCUT2D eigenvalue weighted by molar-refractivity contribution is 5.98. The Hall–Kier alpha value is -3.44. The zero-order valence-corrected chi connectivity index (χ0v) is 19.2. The average molecular weight is 471 g/mol. The molecule has 1 fully saturated rings. The van der Waals surface area contributed by atoms with Crippen molar-refractivity contribution in [2.45, 2.75) is 31.8 Å². The molecule has 11 heteroatoms. The largest absolute Gasteiger partial charge is 0.365 e. The smallest absolute Gasteiger partial charge is 0.254 e. The van der Waals surface area contributed by atoms with Crippen LogP contribution >= 0.6 is 0 Å². The number of aryl methyl sites for hydroxylation is 1. The number of anilines is 2. The number of pyridine rings is 2. The first-order valence-corrected chi connectivity index (χ1v) is 11.1. The lowest BCUT2D eigenvalue weighted by molar-refractivity contribution is 0.0936. The van der Waals surface area contributed by atoms with Gasteiger partial charge in [0, 0.05) is 62.1 Å². The minimum absolute atomic E-state index is 0.211. The van der Waals surface area contributed by atoms with Gasteiger partial charge in [-0.25, -0.2) is 9.97 Å². The molecule has 9 nitrogen and oxygen atoms in total. The van der Waals surface area contributed by atoms with Gasteiger partial charge >= 0.3 is 0 Å². The fraction of sp³-hybridized carbons (Fsp3) is 0.391. The van der Waals surface area contributed by atoms with Crippen LogP contribution in [0.1, 0.15) is 34.3 Å². The molecule has 0 atom stereocenters. The summed E-state index contributed by atoms with van der Waals surface area (Å²) in [5.74, 6) is -1.48. The summed E-state index contributed by atoms with van der Waals surface area (Å²) in [4.78, 5) is 21.7. The third kappa shape index (κ3) is 5.05. The summed E-state index contributed by atoms with van der Waals surface area (Å²) in [6.45, 7) is 4.40. The Morgan fingerprint density at radius 1 is 1.24 bits per heavy atom. The van der Waals surface area contributed by atoms with Crippen LogP contribution in [-0.2, 0) is 12.1 Å². The van der Waals surface area contributed by atoms with Gasteiger partial charge in [0.1, 0.15) is 5.56 Å². The zero-order chi connectivity index (χ0) is 24.3. The van der Waals surface area contributed by atoms with E-state index in [2.05, 4.69) is 30.6 Å². The molecule has 1 aliphatic rings. The quantitative estimate of drug-likeness (QED) is 0.433. The molecule has 4 heterocycles. The van der Waals surface area contributed by atoms with E-state index in [9.17, 15) is 13.6 Å². The minimum Gasteiger partial charge on any atom is -0.365 e. The molecule has 4 N–H and O–H groups in total. The van der Waals surface area contributed by atoms with E-state index < -0.39 is 23.3 Å². The van der Waals surface area contributed by atoms with Crippen LogP contribution in [0.2, 0.25) is 0 Å². The lowest BCUT2D eigenvalue weighted by Gasteiger charge is -2.42. The summed E-state index contributed by atoms with van der Waals surface area (Å²) in [5, 5.41) is 10.8. The maximum atomic E-state index is 14.1. The van der Waals surface area contributed by atoms with Crippen LogP contribution in [0.3, 0.4) is 0 Å². The molecule has 1 aliphatic heterocycles. The third-order valence-corrected chi connectivity index (χ3v) is 6.19. The molecule has 4 rings (SSSR count). The van der Waals surface area contributed by atoms with Crippen molar-refractivity contribution in [1.82, 2.24) is 30.0 Å². The van der Waals surface area contributed by atoms with Gasteiger partial charge in [-0.1, -0.05) is 0 Å². The second kappa shape index (κ2) is 9.82. The highest BCUT2D eigenvalue weighted by atomic mass is 19.1. The topological polar surface area (TPSA) is 114 Å². The second-order valence-corrected chi connectivity index (χ2v) is 8.69. The molecular weight excluding hydrogens is 442 g/mol. The van der Waals surface area contributed by atoms with Crippen LogP contribution in [0.4, 0.5) is 20.3 Å². The number of aromatic nitrogens is 4. The average Bonchev–Trinajstić information content (AvgIpc) is 3.23. The van der Waals surface area contributed by atoms with E-state index in [4.69, 9.17) is 5.73 Å². The number of nitrogens with two attached hydrogens (primary N) is 1. The number of amides is 1. The molecule has 0 radical (unpaired) electrons. The zero-order valence-electron chi connectivity index (χ0n) is 19.2. The van der Waals surface area contributed by atoms with Gasteiger partial charge in [-0.2, -0.15) is 13.9 Å². The van der Waals surface area contributed by atoms with E-state index >= 15 is 0 Å². The van der Waals surface area contributed by atoms with Gasteiger partial charge in [-0.15, -0.1) is 0 Å². The number of halogens is 2. The molecule has 0 unspecified atom stereocenters. The maximum Gasteiger partial charge on any atom is 0.254 e. The van der Waals surface area contributed by atoms with E-state index in [1.54, 1.807) is 16.9 Å². The number of likely N-dealkylation sites (tertiary alicyclic amines) is 1. The maximum absolute atomic E-state index is 14.1. The van der Waals surface area contributed by atoms with Crippen molar-refractivity contribution in [1.29, 1.82) is 0 Å². The molecule has 1 saturated heterocycles. The molecule has 0 bridgehead atoms. The van der Waals surface area contributed by atoms with Gasteiger partial charge in [0.2, 0.25) is 11.9 Å². The second-order valence-electron chi connectivity index (χ2n) is 8.69. The molecule has 0 aliphatic carbocycles. The Labute approximate surface area is 196 Å². The molecule has 0 spiro atoms. The Morgan fingerprint density at radius 3 is 2.68 bits per heavy atom. The predicted octanol–water partition coefficient (Wildman–Crippen LogP) is 2.31. The van der Waals surface area contributed by atoms with Crippen LogP contribution in [0.15, 0.2) is 36.8 Å². The molecule has 0 aromatic carbocycles. The highest BCUT2D eigenvalue weighted by Crippen LogP contribution is 2.32. The van der Waals surface area contributed by atoms with Crippen LogP contribution in [0, 0.1) is 18.8 Å². The number of nitrogens with zero attached hydrogens (tertiary/aromatic N) is 5. The first-order chi connectivity index (χ1) is 16.3. The van der Waals surface area contributed by atoms with Gasteiger partial charge < -0.3 is 16.4 Å². The van der Waals surface area contributed by atoms with E-state index in [0.29, 0.717) is 37.4 Å². The van der Waals surface area contributed by atoms with Crippen LogP contribution in [0.5, 0.6) is 0 Å². The summed E-state index contributed by atoms with van der Waals surface area (Å²) in [6.07, 6.45) is 5.92. The SMILES string of the molecule is CNCC1(n2cc(C(N)=O)c(Nc3ccnc(F)c3)n2)CCN(Cc2cc(C)cnc2F)CC1. The minimum atomic E-state index is -0.649. The summed E-state index contributed by atoms with van der Waals surface area (Å²) < 4.78 is 29.4. The number of nitrogens with one attached hydrogen (secondary N) is 2. The molecule has 3 aromatic rings. The van der Waals surface area contributed by atoms with Crippen molar-refractivity contribution in [3.63, 3.8) is 0 Å². The van der Waals surface area contributed by atoms with Gasteiger partial charge in [0.15, 0.2) is 5.82 Å². The van der Waals surface area contributed by atoms with Crippen molar-refractivity contribution in [3.05, 3.63) is 65.4 Å². The van der Waals surface area contributed by atoms with Crippen molar-refractivity contribution < 1.29 is 13.6 Å². The van der Waals surface area contributed by atoms with E-state index in [1.807, 2.05) is 20.0 Å². The number of hydrogen-bond acceptors (Lipinski definition) is 7. The highest BCUT2D eigenvalue weighted by Gasteiger charge is 2.38. The van der Waals surface area contributed by atoms with Crippen LogP contribution < -0.4 is 16.4 Å². The van der Waals surface area contributed by atoms with Gasteiger partial charge in [-0.05, 0) is 44.5 Å². The lowest BCUT2D eigenvalue weighted by Crippen LogP contribution is -2.51. The number of carbonyl (C=O) groups excluding carboxylic acids is 1. The number of carbonyl (C=O) groups is 1. The number of hydrogen-bond donors (Lipinski definition) is 3. The van der Waals surface area contributed by atoms with Crippen molar-refractivity contribution >= 4 is 17.4 Å². The van der Waals surface area contributed by atoms with Crippen molar-refractivity contribution in [2.24, 2.45) is 5.73 Å². The Kier molecular flexibility index (Phi) is 6.85. The first-order valence-electron chi connectivity index (χ1n) is 11.1. The van der Waals surface area contributed by atoms with Crippen LogP contribution in [0.25, 0.3) is 0 Å². The van der Waals surface area contributed by atoms with Gasteiger partial charge in [0.25, 0.3) is 5.91 Å². The fourth-order valence-corrected chi connectivity index (χ4v) is 4.41. The van der Waals surface area contributed by atoms with E-state index in [1.165, 1.54) is 18.5 Å². The summed E-state index contributed by atoms with van der Waals surface area (Å²) in [5.41, 5.74) is 7.31. The predicted molar refractivity (Wildman–Crippen MR) is 124 cm³/mol. The fourth-order valence-electron chi connectivity index (χ4n) is 4.41. The molecule has 180 valence electrons. The van der Waals surface area contributed by atoms with E-state index in [-0.39, 0.29) is 11.4 Å². The normalized spacial score (nSPS) is 15.9. The number of likely N-dealkylation sites (N-methyl/N-ethyl adjacent to an activating group) is 1. The monoisotopic (exact) mass is 470 g/mol. The first kappa shape index (κ1) is 23.7. The number of piperidine rings is 1. The summed E-state index contributed by atoms with van der Waals surface area (Å²) >= 11 is 0. The molecule has 1 amide bonds. The van der Waals surface area contributed by atoms with Gasteiger partial charge in [0.05, 0.1) is 5.54 Å². The Bertz CT molecular complexity index is 1170. The number of rotatable bonds is 8. The molecule has 34 heavy (non-hydrogen) atoms. The summed E-state index contributed by atoms with van der Waals surface area (Å²) in [7, 11) is 1.86. The van der Waals surface area contributed by atoms with Crippen molar-refractivity contribution in [3.8, 4) is 0 Å². The van der Waals surface area contributed by atoms with Crippen LogP contribution in [-0.4, -0.2) is 57.2 Å². The molecule has 3 aromatic heterocycles.